The van der Waals surface area contributed by atoms with Crippen molar-refractivity contribution in [3.63, 3.8) is 0 Å². The minimum absolute atomic E-state index is 0.128. The molecule has 10 heteroatoms. The van der Waals surface area contributed by atoms with Crippen LogP contribution >= 0.6 is 0 Å². The van der Waals surface area contributed by atoms with E-state index < -0.39 is 16.5 Å². The monoisotopic (exact) mass is 406 g/mol. The molecule has 28 heavy (non-hydrogen) atoms. The van der Waals surface area contributed by atoms with Gasteiger partial charge in [-0.3, -0.25) is 4.55 Å². The van der Waals surface area contributed by atoms with Crippen LogP contribution in [0.1, 0.15) is 11.1 Å². The third kappa shape index (κ3) is 5.15. The maximum Gasteiger partial charge on any atom is 0.446 e. The third-order valence-electron chi connectivity index (χ3n) is 3.94. The number of nitrogens with one attached hydrogen (secondary N) is 2. The second-order valence-electron chi connectivity index (χ2n) is 5.92. The zero-order valence-corrected chi connectivity index (χ0v) is 15.4. The lowest BCUT2D eigenvalue weighted by Crippen LogP contribution is -2.26. The van der Waals surface area contributed by atoms with Crippen LogP contribution in [0, 0.1) is 0 Å². The Hall–Kier alpha value is -3.24. The molecule has 1 amide bonds. The molecule has 0 aliphatic heterocycles. The Kier molecular flexibility index (Phi) is 5.71. The van der Waals surface area contributed by atoms with Gasteiger partial charge in [0, 0.05) is 29.2 Å². The van der Waals surface area contributed by atoms with Crippen molar-refractivity contribution in [1.29, 1.82) is 0 Å². The standard InChI is InChI=1S/C18H18N2O7S/c21-14-5-6-16-15(9-14)12(10-20-16)7-8-19-18(22)26-11-13-3-1-2-4-17(13)27-28(23,24)25/h1-6,9-10,20-21H,7-8,11H2,(H,19,22)(H,23,24,25). The summed E-state index contributed by atoms with van der Waals surface area (Å²) in [6.45, 7) is 0.0586. The quantitative estimate of drug-likeness (QED) is 0.442. The Balaban J connectivity index is 1.52. The first-order valence-electron chi connectivity index (χ1n) is 8.26. The van der Waals surface area contributed by atoms with Crippen molar-refractivity contribution in [3.8, 4) is 11.5 Å². The highest BCUT2D eigenvalue weighted by molar-refractivity contribution is 7.81. The molecule has 0 saturated carbocycles. The van der Waals surface area contributed by atoms with Gasteiger partial charge in [-0.1, -0.05) is 18.2 Å². The number of benzene rings is 2. The summed E-state index contributed by atoms with van der Waals surface area (Å²) in [5.41, 5.74) is 2.09. The van der Waals surface area contributed by atoms with Crippen molar-refractivity contribution >= 4 is 27.4 Å². The number of carbonyl (C=O) groups is 1. The summed E-state index contributed by atoms with van der Waals surface area (Å²) >= 11 is 0. The van der Waals surface area contributed by atoms with Gasteiger partial charge in [-0.15, -0.1) is 0 Å². The largest absolute Gasteiger partial charge is 0.508 e. The summed E-state index contributed by atoms with van der Waals surface area (Å²) in [5.74, 6) is 0.0305. The zero-order valence-electron chi connectivity index (χ0n) is 14.6. The number of carbonyl (C=O) groups excluding carboxylic acids is 1. The number of amides is 1. The van der Waals surface area contributed by atoms with Crippen LogP contribution in [0.25, 0.3) is 10.9 Å². The highest BCUT2D eigenvalue weighted by Crippen LogP contribution is 2.23. The number of alkyl carbamates (subject to hydrolysis) is 1. The first-order valence-corrected chi connectivity index (χ1v) is 9.63. The van der Waals surface area contributed by atoms with Gasteiger partial charge in [0.2, 0.25) is 0 Å². The molecule has 0 aliphatic carbocycles. The number of phenolic OH excluding ortho intramolecular Hbond substituents is 1. The van der Waals surface area contributed by atoms with Crippen LogP contribution in [0.4, 0.5) is 4.79 Å². The molecule has 0 fully saturated rings. The Morgan fingerprint density at radius 2 is 1.93 bits per heavy atom. The summed E-state index contributed by atoms with van der Waals surface area (Å²) < 4.78 is 40.0. The minimum Gasteiger partial charge on any atom is -0.508 e. The number of ether oxygens (including phenoxy) is 1. The van der Waals surface area contributed by atoms with Crippen molar-refractivity contribution in [2.75, 3.05) is 6.54 Å². The molecule has 3 rings (SSSR count). The van der Waals surface area contributed by atoms with Crippen molar-refractivity contribution in [2.24, 2.45) is 0 Å². The van der Waals surface area contributed by atoms with Crippen LogP contribution < -0.4 is 9.50 Å². The Bertz CT molecular complexity index is 1090. The van der Waals surface area contributed by atoms with Gasteiger partial charge in [0.1, 0.15) is 12.4 Å². The molecule has 0 spiro atoms. The SMILES string of the molecule is O=C(NCCc1c[nH]c2ccc(O)cc12)OCc1ccccc1OS(=O)(=O)O. The molecule has 9 nitrogen and oxygen atoms in total. The van der Waals surface area contributed by atoms with Gasteiger partial charge in [0.25, 0.3) is 0 Å². The lowest BCUT2D eigenvalue weighted by molar-refractivity contribution is 0.139. The lowest BCUT2D eigenvalue weighted by Gasteiger charge is -2.10. The van der Waals surface area contributed by atoms with Crippen LogP contribution in [0.5, 0.6) is 11.5 Å². The molecule has 0 bridgehead atoms. The van der Waals surface area contributed by atoms with Crippen LogP contribution in [0.2, 0.25) is 0 Å². The number of hydrogen-bond donors (Lipinski definition) is 4. The molecule has 0 unspecified atom stereocenters. The van der Waals surface area contributed by atoms with E-state index in [-0.39, 0.29) is 23.7 Å². The third-order valence-corrected chi connectivity index (χ3v) is 4.33. The van der Waals surface area contributed by atoms with Gasteiger partial charge in [-0.05, 0) is 36.2 Å². The molecule has 2 aromatic carbocycles. The van der Waals surface area contributed by atoms with Crippen LogP contribution in [0.3, 0.4) is 0 Å². The van der Waals surface area contributed by atoms with E-state index in [1.165, 1.54) is 18.2 Å². The molecule has 0 atom stereocenters. The molecule has 1 heterocycles. The highest BCUT2D eigenvalue weighted by Gasteiger charge is 2.13. The number of phenols is 1. The average molecular weight is 406 g/mol. The van der Waals surface area contributed by atoms with Crippen molar-refractivity contribution in [2.45, 2.75) is 13.0 Å². The van der Waals surface area contributed by atoms with Gasteiger partial charge in [0.05, 0.1) is 0 Å². The predicted molar refractivity (Wildman–Crippen MR) is 100 cm³/mol. The summed E-state index contributed by atoms with van der Waals surface area (Å²) in [4.78, 5) is 15.0. The van der Waals surface area contributed by atoms with Gasteiger partial charge >= 0.3 is 16.5 Å². The molecule has 148 valence electrons. The second-order valence-corrected chi connectivity index (χ2v) is 6.94. The number of aromatic amines is 1. The fraction of sp³-hybridized carbons (Fsp3) is 0.167. The fourth-order valence-electron chi connectivity index (χ4n) is 2.68. The van der Waals surface area contributed by atoms with Gasteiger partial charge < -0.3 is 24.3 Å². The van der Waals surface area contributed by atoms with E-state index in [0.29, 0.717) is 13.0 Å². The Labute approximate surface area is 160 Å². The number of fused-ring (bicyclic) bond motifs is 1. The maximum absolute atomic E-state index is 11.9. The maximum atomic E-state index is 11.9. The molecule has 4 N–H and O–H groups in total. The molecule has 1 aromatic heterocycles. The molecule has 0 radical (unpaired) electrons. The average Bonchev–Trinajstić information content (AvgIpc) is 3.02. The predicted octanol–water partition coefficient (Wildman–Crippen LogP) is 2.52. The fourth-order valence-corrected chi connectivity index (χ4v) is 3.07. The summed E-state index contributed by atoms with van der Waals surface area (Å²) in [7, 11) is -4.68. The second kappa shape index (κ2) is 8.19. The minimum atomic E-state index is -4.68. The van der Waals surface area contributed by atoms with Crippen molar-refractivity contribution < 1.29 is 31.8 Å². The van der Waals surface area contributed by atoms with Gasteiger partial charge in [-0.2, -0.15) is 8.42 Å². The lowest BCUT2D eigenvalue weighted by atomic mass is 10.1. The van der Waals surface area contributed by atoms with E-state index in [0.717, 1.165) is 16.5 Å². The summed E-state index contributed by atoms with van der Waals surface area (Å²) in [6.07, 6.45) is 1.63. The number of rotatable bonds is 7. The van der Waals surface area contributed by atoms with Gasteiger partial charge in [0.15, 0.2) is 5.75 Å². The van der Waals surface area contributed by atoms with Crippen LogP contribution in [0.15, 0.2) is 48.7 Å². The van der Waals surface area contributed by atoms with E-state index in [1.807, 2.05) is 0 Å². The number of H-pyrrole nitrogens is 1. The molecule has 3 aromatic rings. The van der Waals surface area contributed by atoms with Crippen LogP contribution in [-0.4, -0.2) is 35.7 Å². The number of hydrogen-bond acceptors (Lipinski definition) is 6. The summed E-state index contributed by atoms with van der Waals surface area (Å²) in [6, 6.07) is 11.0. The van der Waals surface area contributed by atoms with Crippen molar-refractivity contribution in [3.05, 3.63) is 59.8 Å². The number of aromatic hydroxyl groups is 1. The van der Waals surface area contributed by atoms with E-state index in [2.05, 4.69) is 14.5 Å². The molecule has 0 saturated heterocycles. The van der Waals surface area contributed by atoms with E-state index in [9.17, 15) is 18.3 Å². The van der Waals surface area contributed by atoms with E-state index in [4.69, 9.17) is 9.29 Å². The first kappa shape index (κ1) is 19.5. The Morgan fingerprint density at radius 1 is 1.14 bits per heavy atom. The van der Waals surface area contributed by atoms with E-state index in [1.54, 1.807) is 30.5 Å². The zero-order chi connectivity index (χ0) is 20.1. The molecule has 0 aliphatic rings. The normalized spacial score (nSPS) is 11.3. The molecular weight excluding hydrogens is 388 g/mol. The van der Waals surface area contributed by atoms with E-state index >= 15 is 0 Å². The molecular formula is C18H18N2O7S. The van der Waals surface area contributed by atoms with Crippen LogP contribution in [-0.2, 0) is 28.2 Å². The smallest absolute Gasteiger partial charge is 0.446 e. The first-order chi connectivity index (χ1) is 13.3. The van der Waals surface area contributed by atoms with Crippen molar-refractivity contribution in [1.82, 2.24) is 10.3 Å². The van der Waals surface area contributed by atoms with Gasteiger partial charge in [-0.25, -0.2) is 4.79 Å². The number of aromatic nitrogens is 1. The summed E-state index contributed by atoms with van der Waals surface area (Å²) in [5, 5.41) is 13.1. The topological polar surface area (TPSA) is 138 Å². The number of para-hydroxylation sites is 1. The Morgan fingerprint density at radius 3 is 2.71 bits per heavy atom. The highest BCUT2D eigenvalue weighted by atomic mass is 32.3.